The van der Waals surface area contributed by atoms with E-state index in [4.69, 9.17) is 15.2 Å². The normalized spacial score (nSPS) is 15.4. The number of ether oxygens (including phenoxy) is 2. The van der Waals surface area contributed by atoms with Crippen molar-refractivity contribution in [1.82, 2.24) is 14.8 Å². The first-order valence-corrected chi connectivity index (χ1v) is 9.51. The first-order valence-electron chi connectivity index (χ1n) is 9.51. The molecule has 2 aromatic carbocycles. The van der Waals surface area contributed by atoms with Gasteiger partial charge in [0, 0.05) is 5.70 Å². The molecular weight excluding hydrogens is 382 g/mol. The molecule has 1 aliphatic heterocycles. The molecule has 1 unspecified atom stereocenters. The quantitative estimate of drug-likeness (QED) is 0.653. The number of hydrogen-bond donors (Lipinski definition) is 2. The van der Waals surface area contributed by atoms with Gasteiger partial charge in [-0.3, -0.25) is 4.79 Å². The first-order chi connectivity index (χ1) is 14.5. The fraction of sp³-hybridized carbons (Fsp3) is 0.227. The molecule has 8 nitrogen and oxygen atoms in total. The third kappa shape index (κ3) is 3.59. The second kappa shape index (κ2) is 7.90. The van der Waals surface area contributed by atoms with Crippen LogP contribution in [0.1, 0.15) is 29.7 Å². The van der Waals surface area contributed by atoms with Crippen molar-refractivity contribution in [2.24, 2.45) is 5.73 Å². The monoisotopic (exact) mass is 405 g/mol. The van der Waals surface area contributed by atoms with Crippen LogP contribution in [0, 0.1) is 6.92 Å². The zero-order chi connectivity index (χ0) is 21.3. The van der Waals surface area contributed by atoms with Crippen molar-refractivity contribution in [2.75, 3.05) is 12.4 Å². The van der Waals surface area contributed by atoms with Crippen molar-refractivity contribution in [1.29, 1.82) is 0 Å². The molecule has 30 heavy (non-hydrogen) atoms. The van der Waals surface area contributed by atoms with Crippen molar-refractivity contribution in [2.45, 2.75) is 26.5 Å². The number of hydrogen-bond acceptors (Lipinski definition) is 6. The van der Waals surface area contributed by atoms with E-state index in [2.05, 4.69) is 21.5 Å². The Morgan fingerprint density at radius 3 is 2.77 bits per heavy atom. The minimum atomic E-state index is -0.523. The number of benzene rings is 2. The average Bonchev–Trinajstić information content (AvgIpc) is 3.19. The van der Waals surface area contributed by atoms with Gasteiger partial charge in [0.25, 0.3) is 0 Å². The summed E-state index contributed by atoms with van der Waals surface area (Å²) in [5, 5.41) is 7.34. The maximum Gasteiger partial charge on any atom is 0.248 e. The van der Waals surface area contributed by atoms with Gasteiger partial charge in [-0.05, 0) is 37.1 Å². The fourth-order valence-corrected chi connectivity index (χ4v) is 3.65. The lowest BCUT2D eigenvalue weighted by molar-refractivity contribution is -0.115. The zero-order valence-electron chi connectivity index (χ0n) is 17.0. The van der Waals surface area contributed by atoms with Crippen LogP contribution in [0.2, 0.25) is 0 Å². The number of methoxy groups -OCH3 is 1. The number of fused-ring (bicyclic) bond motifs is 1. The van der Waals surface area contributed by atoms with Crippen LogP contribution >= 0.6 is 0 Å². The van der Waals surface area contributed by atoms with Crippen LogP contribution in [-0.4, -0.2) is 27.8 Å². The molecule has 0 saturated heterocycles. The fourth-order valence-electron chi connectivity index (χ4n) is 3.65. The number of aromatic nitrogens is 3. The molecule has 2 heterocycles. The lowest BCUT2D eigenvalue weighted by atomic mass is 9.95. The standard InChI is InChI=1S/C22H23N5O3/c1-13-5-4-6-15(9-13)11-30-17-8-7-16(10-18(17)29-3)20-19(21(23)28)14(2)26-22-24-12-25-27(20)22/h4-10,12,20H,11H2,1-3H3,(H2,23,28)(H,24,25,26). The van der Waals surface area contributed by atoms with Crippen LogP contribution in [0.4, 0.5) is 5.95 Å². The molecule has 154 valence electrons. The highest BCUT2D eigenvalue weighted by Crippen LogP contribution is 2.38. The van der Waals surface area contributed by atoms with E-state index in [1.54, 1.807) is 18.7 Å². The highest BCUT2D eigenvalue weighted by Gasteiger charge is 2.32. The van der Waals surface area contributed by atoms with Gasteiger partial charge in [-0.2, -0.15) is 10.1 Å². The maximum absolute atomic E-state index is 12.2. The van der Waals surface area contributed by atoms with Crippen molar-refractivity contribution in [3.05, 3.63) is 76.8 Å². The summed E-state index contributed by atoms with van der Waals surface area (Å²) in [6, 6.07) is 13.2. The lowest BCUT2D eigenvalue weighted by Crippen LogP contribution is -2.31. The molecule has 4 rings (SSSR count). The van der Waals surface area contributed by atoms with E-state index < -0.39 is 11.9 Å². The Hall–Kier alpha value is -3.81. The van der Waals surface area contributed by atoms with E-state index in [1.807, 2.05) is 43.3 Å². The summed E-state index contributed by atoms with van der Waals surface area (Å²) in [6.07, 6.45) is 1.43. The van der Waals surface area contributed by atoms with Gasteiger partial charge in [0.2, 0.25) is 11.9 Å². The van der Waals surface area contributed by atoms with Gasteiger partial charge in [-0.1, -0.05) is 35.9 Å². The summed E-state index contributed by atoms with van der Waals surface area (Å²) in [7, 11) is 1.58. The Kier molecular flexibility index (Phi) is 5.14. The van der Waals surface area contributed by atoms with Crippen LogP contribution in [0.25, 0.3) is 0 Å². The number of aryl methyl sites for hydroxylation is 1. The second-order valence-electron chi connectivity index (χ2n) is 7.15. The third-order valence-electron chi connectivity index (χ3n) is 5.04. The predicted molar refractivity (Wildman–Crippen MR) is 112 cm³/mol. The molecule has 0 radical (unpaired) electrons. The molecule has 8 heteroatoms. The average molecular weight is 405 g/mol. The van der Waals surface area contributed by atoms with Crippen molar-refractivity contribution >= 4 is 11.9 Å². The summed E-state index contributed by atoms with van der Waals surface area (Å²) < 4.78 is 13.2. The van der Waals surface area contributed by atoms with E-state index in [-0.39, 0.29) is 0 Å². The van der Waals surface area contributed by atoms with Crippen LogP contribution < -0.4 is 20.5 Å². The van der Waals surface area contributed by atoms with Gasteiger partial charge in [0.05, 0.1) is 12.7 Å². The van der Waals surface area contributed by atoms with Crippen molar-refractivity contribution in [3.63, 3.8) is 0 Å². The topological polar surface area (TPSA) is 104 Å². The number of allylic oxidation sites excluding steroid dienone is 1. The number of primary amides is 1. The Bertz CT molecular complexity index is 1140. The number of rotatable bonds is 6. The van der Waals surface area contributed by atoms with Crippen molar-refractivity contribution < 1.29 is 14.3 Å². The number of nitrogens with two attached hydrogens (primary N) is 1. The zero-order valence-corrected chi connectivity index (χ0v) is 17.0. The Morgan fingerprint density at radius 2 is 2.03 bits per heavy atom. The third-order valence-corrected chi connectivity index (χ3v) is 5.04. The number of amides is 1. The SMILES string of the molecule is COc1cc(C2C(C(N)=O)=C(C)Nc3ncnn32)ccc1OCc1cccc(C)c1. The highest BCUT2D eigenvalue weighted by molar-refractivity contribution is 5.95. The molecule has 0 fully saturated rings. The van der Waals surface area contributed by atoms with E-state index in [9.17, 15) is 4.79 Å². The molecular formula is C22H23N5O3. The predicted octanol–water partition coefficient (Wildman–Crippen LogP) is 2.95. The summed E-state index contributed by atoms with van der Waals surface area (Å²) in [6.45, 7) is 4.26. The van der Waals surface area contributed by atoms with Gasteiger partial charge in [0.1, 0.15) is 19.0 Å². The molecule has 0 spiro atoms. The van der Waals surface area contributed by atoms with Gasteiger partial charge < -0.3 is 20.5 Å². The largest absolute Gasteiger partial charge is 0.493 e. The maximum atomic E-state index is 12.2. The van der Waals surface area contributed by atoms with Gasteiger partial charge in [-0.25, -0.2) is 4.68 Å². The van der Waals surface area contributed by atoms with Crippen LogP contribution in [0.5, 0.6) is 11.5 Å². The smallest absolute Gasteiger partial charge is 0.248 e. The van der Waals surface area contributed by atoms with Gasteiger partial charge in [-0.15, -0.1) is 0 Å². The van der Waals surface area contributed by atoms with Crippen LogP contribution in [0.3, 0.4) is 0 Å². The minimum Gasteiger partial charge on any atom is -0.493 e. The van der Waals surface area contributed by atoms with Crippen LogP contribution in [0.15, 0.2) is 60.1 Å². The molecule has 1 amide bonds. The lowest BCUT2D eigenvalue weighted by Gasteiger charge is -2.28. The molecule has 3 aromatic rings. The summed E-state index contributed by atoms with van der Waals surface area (Å²) in [4.78, 5) is 16.4. The molecule has 3 N–H and O–H groups in total. The van der Waals surface area contributed by atoms with E-state index in [0.717, 1.165) is 11.1 Å². The van der Waals surface area contributed by atoms with Gasteiger partial charge in [0.15, 0.2) is 11.5 Å². The summed E-state index contributed by atoms with van der Waals surface area (Å²) in [5.74, 6) is 1.18. The Labute approximate surface area is 174 Å². The van der Waals surface area contributed by atoms with E-state index in [0.29, 0.717) is 35.3 Å². The minimum absolute atomic E-state index is 0.420. The number of carbonyl (C=O) groups is 1. The summed E-state index contributed by atoms with van der Waals surface area (Å²) in [5.41, 5.74) is 9.78. The van der Waals surface area contributed by atoms with E-state index >= 15 is 0 Å². The molecule has 1 aliphatic rings. The van der Waals surface area contributed by atoms with Gasteiger partial charge >= 0.3 is 0 Å². The first kappa shape index (κ1) is 19.5. The summed E-state index contributed by atoms with van der Waals surface area (Å²) >= 11 is 0. The molecule has 1 aromatic heterocycles. The highest BCUT2D eigenvalue weighted by atomic mass is 16.5. The molecule has 0 bridgehead atoms. The molecule has 1 atom stereocenters. The van der Waals surface area contributed by atoms with E-state index in [1.165, 1.54) is 11.9 Å². The molecule has 0 aliphatic carbocycles. The van der Waals surface area contributed by atoms with Crippen molar-refractivity contribution in [3.8, 4) is 11.5 Å². The number of nitrogens with zero attached hydrogens (tertiary/aromatic N) is 3. The number of carbonyl (C=O) groups excluding carboxylic acids is 1. The number of anilines is 1. The second-order valence-corrected chi connectivity index (χ2v) is 7.15. The number of nitrogens with one attached hydrogen (secondary N) is 1. The molecule has 0 saturated carbocycles. The Balaban J connectivity index is 1.68. The van der Waals surface area contributed by atoms with Crippen LogP contribution in [-0.2, 0) is 11.4 Å². The Morgan fingerprint density at radius 1 is 1.20 bits per heavy atom.